The number of carbonyl (C=O) groups is 2. The number of nitrogens with one attached hydrogen (secondary N) is 1. The van der Waals surface area contributed by atoms with E-state index < -0.39 is 11.9 Å². The van der Waals surface area contributed by atoms with Crippen molar-refractivity contribution in [3.63, 3.8) is 0 Å². The van der Waals surface area contributed by atoms with Crippen molar-refractivity contribution in [1.82, 2.24) is 20.2 Å². The van der Waals surface area contributed by atoms with Crippen LogP contribution < -0.4 is 5.32 Å². The van der Waals surface area contributed by atoms with Crippen molar-refractivity contribution in [3.05, 3.63) is 59.7 Å². The summed E-state index contributed by atoms with van der Waals surface area (Å²) in [5, 5.41) is 14.6. The van der Waals surface area contributed by atoms with Gasteiger partial charge in [0, 0.05) is 11.3 Å². The van der Waals surface area contributed by atoms with Crippen LogP contribution in [0.1, 0.15) is 11.1 Å². The van der Waals surface area contributed by atoms with Gasteiger partial charge in [0.25, 0.3) is 5.91 Å². The summed E-state index contributed by atoms with van der Waals surface area (Å²) in [5.74, 6) is -0.618. The molecule has 0 unspecified atom stereocenters. The topological polar surface area (TPSA) is 99.0 Å². The Morgan fingerprint density at radius 2 is 1.81 bits per heavy atom. The molecule has 138 valence electrons. The third-order valence-corrected chi connectivity index (χ3v) is 3.82. The third-order valence-electron chi connectivity index (χ3n) is 3.82. The molecular formula is C19H19N5O3. The van der Waals surface area contributed by atoms with Gasteiger partial charge in [0.05, 0.1) is 0 Å². The van der Waals surface area contributed by atoms with Gasteiger partial charge in [0.15, 0.2) is 13.2 Å². The quantitative estimate of drug-likeness (QED) is 0.672. The Morgan fingerprint density at radius 1 is 1.07 bits per heavy atom. The highest BCUT2D eigenvalue weighted by Crippen LogP contribution is 2.14. The molecule has 0 fully saturated rings. The van der Waals surface area contributed by atoms with E-state index in [2.05, 4.69) is 20.7 Å². The highest BCUT2D eigenvalue weighted by Gasteiger charge is 2.12. The number of rotatable bonds is 6. The molecule has 0 aliphatic carbocycles. The van der Waals surface area contributed by atoms with Crippen molar-refractivity contribution in [2.24, 2.45) is 0 Å². The second kappa shape index (κ2) is 8.22. The number of aromatic nitrogens is 4. The van der Waals surface area contributed by atoms with Crippen LogP contribution in [0.4, 0.5) is 5.69 Å². The maximum Gasteiger partial charge on any atom is 0.330 e. The molecule has 1 heterocycles. The van der Waals surface area contributed by atoms with Crippen molar-refractivity contribution in [2.75, 3.05) is 11.9 Å². The predicted molar refractivity (Wildman–Crippen MR) is 98.8 cm³/mol. The number of anilines is 1. The predicted octanol–water partition coefficient (Wildman–Crippen LogP) is 2.14. The highest BCUT2D eigenvalue weighted by molar-refractivity contribution is 5.93. The Hall–Kier alpha value is -3.55. The summed E-state index contributed by atoms with van der Waals surface area (Å²) in [7, 11) is 0. The lowest BCUT2D eigenvalue weighted by molar-refractivity contribution is -0.148. The standard InChI is InChI=1S/C19H19N5O3/c1-13-7-9-15(10-8-13)19-21-23-24(22-19)11-18(26)27-12-17(25)20-16-6-4-3-5-14(16)2/h3-10H,11-12H2,1-2H3,(H,20,25). The Balaban J connectivity index is 1.50. The summed E-state index contributed by atoms with van der Waals surface area (Å²) >= 11 is 0. The molecule has 8 heteroatoms. The van der Waals surface area contributed by atoms with Crippen molar-refractivity contribution < 1.29 is 14.3 Å². The van der Waals surface area contributed by atoms with Crippen LogP contribution in [0.25, 0.3) is 11.4 Å². The summed E-state index contributed by atoms with van der Waals surface area (Å²) in [6.45, 7) is 3.26. The molecule has 1 N–H and O–H groups in total. The minimum atomic E-state index is -0.622. The lowest BCUT2D eigenvalue weighted by Gasteiger charge is -2.08. The van der Waals surface area contributed by atoms with Gasteiger partial charge in [-0.1, -0.05) is 48.0 Å². The van der Waals surface area contributed by atoms with Crippen LogP contribution >= 0.6 is 0 Å². The fraction of sp³-hybridized carbons (Fsp3) is 0.211. The van der Waals surface area contributed by atoms with Crippen LogP contribution in [-0.4, -0.2) is 38.7 Å². The van der Waals surface area contributed by atoms with E-state index in [1.807, 2.05) is 56.3 Å². The van der Waals surface area contributed by atoms with E-state index in [1.54, 1.807) is 6.07 Å². The van der Waals surface area contributed by atoms with E-state index in [1.165, 1.54) is 0 Å². The second-order valence-corrected chi connectivity index (χ2v) is 6.03. The molecule has 0 aliphatic rings. The first kappa shape index (κ1) is 18.2. The second-order valence-electron chi connectivity index (χ2n) is 6.03. The van der Waals surface area contributed by atoms with Crippen molar-refractivity contribution >= 4 is 17.6 Å². The third kappa shape index (κ3) is 4.97. The SMILES string of the molecule is Cc1ccc(-c2nnn(CC(=O)OCC(=O)Nc3ccccc3C)n2)cc1. The van der Waals surface area contributed by atoms with Gasteiger partial charge in [0.2, 0.25) is 5.82 Å². The Bertz CT molecular complexity index is 950. The molecule has 3 rings (SSSR count). The Labute approximate surface area is 156 Å². The zero-order valence-electron chi connectivity index (χ0n) is 15.0. The van der Waals surface area contributed by atoms with Crippen LogP contribution in [0.15, 0.2) is 48.5 Å². The average Bonchev–Trinajstić information content (AvgIpc) is 3.11. The smallest absolute Gasteiger partial charge is 0.330 e. The molecule has 0 spiro atoms. The van der Waals surface area contributed by atoms with Crippen LogP contribution in [0.5, 0.6) is 0 Å². The molecule has 0 bridgehead atoms. The Morgan fingerprint density at radius 3 is 2.56 bits per heavy atom. The summed E-state index contributed by atoms with van der Waals surface area (Å²) in [6.07, 6.45) is 0. The van der Waals surface area contributed by atoms with E-state index in [0.717, 1.165) is 21.5 Å². The van der Waals surface area contributed by atoms with E-state index in [9.17, 15) is 9.59 Å². The summed E-state index contributed by atoms with van der Waals surface area (Å²) < 4.78 is 4.97. The fourth-order valence-electron chi connectivity index (χ4n) is 2.33. The first-order chi connectivity index (χ1) is 13.0. The minimum Gasteiger partial charge on any atom is -0.454 e. The molecule has 1 aromatic heterocycles. The van der Waals surface area contributed by atoms with Gasteiger partial charge in [-0.15, -0.1) is 10.2 Å². The zero-order valence-corrected chi connectivity index (χ0v) is 15.0. The van der Waals surface area contributed by atoms with E-state index in [-0.39, 0.29) is 13.2 Å². The molecule has 2 aromatic carbocycles. The summed E-state index contributed by atoms with van der Waals surface area (Å²) in [6, 6.07) is 15.0. The number of nitrogens with zero attached hydrogens (tertiary/aromatic N) is 4. The van der Waals surface area contributed by atoms with Gasteiger partial charge < -0.3 is 10.1 Å². The number of amides is 1. The molecule has 8 nitrogen and oxygen atoms in total. The van der Waals surface area contributed by atoms with Gasteiger partial charge in [-0.05, 0) is 30.7 Å². The van der Waals surface area contributed by atoms with Gasteiger partial charge in [0.1, 0.15) is 0 Å². The van der Waals surface area contributed by atoms with Gasteiger partial charge in [-0.2, -0.15) is 4.80 Å². The summed E-state index contributed by atoms with van der Waals surface area (Å²) in [5.41, 5.74) is 3.53. The number of esters is 1. The van der Waals surface area contributed by atoms with Gasteiger partial charge in [-0.25, -0.2) is 4.79 Å². The van der Waals surface area contributed by atoms with Crippen LogP contribution in [0.2, 0.25) is 0 Å². The normalized spacial score (nSPS) is 10.4. The molecule has 0 radical (unpaired) electrons. The lowest BCUT2D eigenvalue weighted by Crippen LogP contribution is -2.23. The minimum absolute atomic E-state index is 0.226. The van der Waals surface area contributed by atoms with Crippen molar-refractivity contribution in [3.8, 4) is 11.4 Å². The number of carbonyl (C=O) groups excluding carboxylic acids is 2. The van der Waals surface area contributed by atoms with Gasteiger partial charge >= 0.3 is 5.97 Å². The molecule has 0 saturated carbocycles. The highest BCUT2D eigenvalue weighted by atomic mass is 16.5. The van der Waals surface area contributed by atoms with Gasteiger partial charge in [-0.3, -0.25) is 4.79 Å². The molecule has 0 aliphatic heterocycles. The van der Waals surface area contributed by atoms with Crippen LogP contribution in [-0.2, 0) is 20.9 Å². The number of ether oxygens (including phenoxy) is 1. The van der Waals surface area contributed by atoms with Crippen LogP contribution in [0.3, 0.4) is 0 Å². The number of hydrogen-bond donors (Lipinski definition) is 1. The van der Waals surface area contributed by atoms with E-state index >= 15 is 0 Å². The molecule has 0 atom stereocenters. The van der Waals surface area contributed by atoms with Crippen molar-refractivity contribution in [2.45, 2.75) is 20.4 Å². The maximum absolute atomic E-state index is 11.9. The van der Waals surface area contributed by atoms with E-state index in [4.69, 9.17) is 4.74 Å². The number of para-hydroxylation sites is 1. The average molecular weight is 365 g/mol. The molecule has 1 amide bonds. The first-order valence-electron chi connectivity index (χ1n) is 8.37. The van der Waals surface area contributed by atoms with Crippen molar-refractivity contribution in [1.29, 1.82) is 0 Å². The molecule has 27 heavy (non-hydrogen) atoms. The number of tetrazole rings is 1. The summed E-state index contributed by atoms with van der Waals surface area (Å²) in [4.78, 5) is 24.9. The van der Waals surface area contributed by atoms with E-state index in [0.29, 0.717) is 11.5 Å². The lowest BCUT2D eigenvalue weighted by atomic mass is 10.1. The first-order valence-corrected chi connectivity index (χ1v) is 8.37. The number of hydrogen-bond acceptors (Lipinski definition) is 6. The Kier molecular flexibility index (Phi) is 5.55. The molecule has 0 saturated heterocycles. The fourth-order valence-corrected chi connectivity index (χ4v) is 2.33. The largest absolute Gasteiger partial charge is 0.454 e. The molecule has 3 aromatic rings. The molecular weight excluding hydrogens is 346 g/mol. The number of benzene rings is 2. The maximum atomic E-state index is 11.9. The zero-order chi connectivity index (χ0) is 19.2. The number of aryl methyl sites for hydroxylation is 2. The monoisotopic (exact) mass is 365 g/mol. The van der Waals surface area contributed by atoms with Crippen LogP contribution in [0, 0.1) is 13.8 Å².